The molecule has 1 atom stereocenters. The lowest BCUT2D eigenvalue weighted by Gasteiger charge is -2.09. The maximum Gasteiger partial charge on any atom is 0.119 e. The number of rotatable bonds is 3. The number of hydrogen-bond donors (Lipinski definition) is 0. The fourth-order valence-electron chi connectivity index (χ4n) is 1.45. The summed E-state index contributed by atoms with van der Waals surface area (Å²) in [5, 5.41) is 0.484. The van der Waals surface area contributed by atoms with Crippen LogP contribution in [0.3, 0.4) is 0 Å². The van der Waals surface area contributed by atoms with E-state index in [0.717, 1.165) is 20.0 Å². The summed E-state index contributed by atoms with van der Waals surface area (Å²) in [6, 6.07) is 9.60. The van der Waals surface area contributed by atoms with E-state index in [4.69, 9.17) is 27.9 Å². The van der Waals surface area contributed by atoms with Crippen LogP contribution in [0.25, 0.3) is 0 Å². The quantitative estimate of drug-likeness (QED) is 0.663. The average Bonchev–Trinajstić information content (AvgIpc) is 2.69. The zero-order valence-electron chi connectivity index (χ0n) is 8.91. The van der Waals surface area contributed by atoms with Crippen molar-refractivity contribution in [3.8, 4) is 5.75 Å². The first kappa shape index (κ1) is 13.2. The van der Waals surface area contributed by atoms with Crippen LogP contribution >= 0.6 is 50.5 Å². The molecule has 0 amide bonds. The molecule has 0 N–H and O–H groups in total. The molecular formula is C12H9BrCl2OS. The summed E-state index contributed by atoms with van der Waals surface area (Å²) < 4.78 is 6.08. The van der Waals surface area contributed by atoms with Crippen LogP contribution in [0.5, 0.6) is 5.75 Å². The topological polar surface area (TPSA) is 9.23 Å². The zero-order chi connectivity index (χ0) is 12.4. The molecule has 0 aliphatic carbocycles. The predicted molar refractivity (Wildman–Crippen MR) is 77.7 cm³/mol. The van der Waals surface area contributed by atoms with E-state index in [-0.39, 0.29) is 5.38 Å². The summed E-state index contributed by atoms with van der Waals surface area (Å²) in [6.07, 6.45) is 0. The minimum Gasteiger partial charge on any atom is -0.497 e. The second-order valence-corrected chi connectivity index (χ2v) is 6.65. The van der Waals surface area contributed by atoms with Gasteiger partial charge in [0.15, 0.2) is 0 Å². The maximum absolute atomic E-state index is 6.42. The molecule has 0 bridgehead atoms. The Morgan fingerprint density at radius 1 is 1.35 bits per heavy atom. The largest absolute Gasteiger partial charge is 0.497 e. The van der Waals surface area contributed by atoms with Crippen molar-refractivity contribution in [2.45, 2.75) is 5.38 Å². The molecule has 2 aromatic rings. The van der Waals surface area contributed by atoms with E-state index in [1.54, 1.807) is 18.4 Å². The van der Waals surface area contributed by atoms with Crippen molar-refractivity contribution in [2.75, 3.05) is 7.11 Å². The molecular weight excluding hydrogens is 343 g/mol. The Bertz CT molecular complexity index is 507. The minimum absolute atomic E-state index is 0.209. The SMILES string of the molecule is COc1cccc(C(Cl)c2cc(Cl)c(Br)s2)c1. The van der Waals surface area contributed by atoms with Crippen molar-refractivity contribution in [1.82, 2.24) is 0 Å². The van der Waals surface area contributed by atoms with Crippen LogP contribution in [-0.4, -0.2) is 7.11 Å². The Morgan fingerprint density at radius 3 is 2.71 bits per heavy atom. The molecule has 0 aliphatic rings. The van der Waals surface area contributed by atoms with E-state index in [0.29, 0.717) is 5.02 Å². The van der Waals surface area contributed by atoms with Crippen LogP contribution in [0.4, 0.5) is 0 Å². The number of thiophene rings is 1. The maximum atomic E-state index is 6.42. The van der Waals surface area contributed by atoms with Crippen LogP contribution in [0.2, 0.25) is 5.02 Å². The van der Waals surface area contributed by atoms with Gasteiger partial charge >= 0.3 is 0 Å². The third-order valence-corrected chi connectivity index (χ3v) is 5.46. The normalized spacial score (nSPS) is 12.5. The Kier molecular flexibility index (Phi) is 4.36. The molecule has 1 nitrogen and oxygen atoms in total. The summed E-state index contributed by atoms with van der Waals surface area (Å²) in [6.45, 7) is 0. The van der Waals surface area contributed by atoms with Gasteiger partial charge in [-0.3, -0.25) is 0 Å². The van der Waals surface area contributed by atoms with Gasteiger partial charge in [0.25, 0.3) is 0 Å². The molecule has 0 fully saturated rings. The Labute approximate surface area is 122 Å². The van der Waals surface area contributed by atoms with Gasteiger partial charge in [0, 0.05) is 4.88 Å². The van der Waals surface area contributed by atoms with Gasteiger partial charge in [-0.25, -0.2) is 0 Å². The third-order valence-electron chi connectivity index (χ3n) is 2.30. The lowest BCUT2D eigenvalue weighted by Crippen LogP contribution is -1.91. The van der Waals surface area contributed by atoms with Gasteiger partial charge in [0.2, 0.25) is 0 Å². The van der Waals surface area contributed by atoms with Gasteiger partial charge < -0.3 is 4.74 Å². The molecule has 17 heavy (non-hydrogen) atoms. The number of benzene rings is 1. The van der Waals surface area contributed by atoms with Gasteiger partial charge in [-0.2, -0.15) is 0 Å². The summed E-state index contributed by atoms with van der Waals surface area (Å²) in [4.78, 5) is 1.01. The summed E-state index contributed by atoms with van der Waals surface area (Å²) in [5.41, 5.74) is 0.997. The molecule has 0 spiro atoms. The van der Waals surface area contributed by atoms with Gasteiger partial charge in [-0.05, 0) is 39.7 Å². The number of hydrogen-bond acceptors (Lipinski definition) is 2. The Morgan fingerprint density at radius 2 is 2.12 bits per heavy atom. The first-order chi connectivity index (χ1) is 8.11. The highest BCUT2D eigenvalue weighted by atomic mass is 79.9. The second kappa shape index (κ2) is 5.61. The molecule has 1 aromatic carbocycles. The van der Waals surface area contributed by atoms with E-state index in [1.807, 2.05) is 30.3 Å². The highest BCUT2D eigenvalue weighted by molar-refractivity contribution is 9.11. The first-order valence-electron chi connectivity index (χ1n) is 4.84. The molecule has 1 unspecified atom stereocenters. The van der Waals surface area contributed by atoms with Crippen LogP contribution < -0.4 is 4.74 Å². The van der Waals surface area contributed by atoms with Crippen LogP contribution in [-0.2, 0) is 0 Å². The van der Waals surface area contributed by atoms with E-state index < -0.39 is 0 Å². The number of halogens is 3. The number of methoxy groups -OCH3 is 1. The van der Waals surface area contributed by atoms with Gasteiger partial charge in [0.05, 0.1) is 21.3 Å². The van der Waals surface area contributed by atoms with Crippen molar-refractivity contribution < 1.29 is 4.74 Å². The molecule has 0 aliphatic heterocycles. The summed E-state index contributed by atoms with van der Waals surface area (Å²) >= 11 is 17.4. The molecule has 1 heterocycles. The van der Waals surface area contributed by atoms with E-state index in [9.17, 15) is 0 Å². The predicted octanol–water partition coefficient (Wildman–Crippen LogP) is 5.50. The number of alkyl halides is 1. The van der Waals surface area contributed by atoms with Crippen molar-refractivity contribution in [3.05, 3.63) is 49.6 Å². The smallest absolute Gasteiger partial charge is 0.119 e. The van der Waals surface area contributed by atoms with Crippen molar-refractivity contribution >= 4 is 50.5 Å². The summed E-state index contributed by atoms with van der Waals surface area (Å²) in [7, 11) is 1.64. The molecule has 90 valence electrons. The molecule has 5 heteroatoms. The monoisotopic (exact) mass is 350 g/mol. The fraction of sp³-hybridized carbons (Fsp3) is 0.167. The van der Waals surface area contributed by atoms with Crippen LogP contribution in [0.1, 0.15) is 15.8 Å². The van der Waals surface area contributed by atoms with E-state index >= 15 is 0 Å². The van der Waals surface area contributed by atoms with E-state index in [1.165, 1.54) is 0 Å². The summed E-state index contributed by atoms with van der Waals surface area (Å²) in [5.74, 6) is 0.801. The van der Waals surface area contributed by atoms with Crippen LogP contribution in [0.15, 0.2) is 34.1 Å². The van der Waals surface area contributed by atoms with Gasteiger partial charge in [0.1, 0.15) is 5.75 Å². The second-order valence-electron chi connectivity index (χ2n) is 3.41. The van der Waals surface area contributed by atoms with Crippen molar-refractivity contribution in [2.24, 2.45) is 0 Å². The highest BCUT2D eigenvalue weighted by Gasteiger charge is 2.15. The van der Waals surface area contributed by atoms with E-state index in [2.05, 4.69) is 15.9 Å². The minimum atomic E-state index is -0.209. The Hall–Kier alpha value is -0.220. The first-order valence-corrected chi connectivity index (χ1v) is 7.27. The fourth-order valence-corrected chi connectivity index (χ4v) is 3.54. The number of ether oxygens (including phenoxy) is 1. The molecule has 0 saturated heterocycles. The van der Waals surface area contributed by atoms with Gasteiger partial charge in [-0.1, -0.05) is 23.7 Å². The lowest BCUT2D eigenvalue weighted by atomic mass is 10.1. The van der Waals surface area contributed by atoms with Gasteiger partial charge in [-0.15, -0.1) is 22.9 Å². The Balaban J connectivity index is 2.32. The van der Waals surface area contributed by atoms with Crippen LogP contribution in [0, 0.1) is 0 Å². The highest BCUT2D eigenvalue weighted by Crippen LogP contribution is 2.40. The molecule has 0 saturated carbocycles. The van der Waals surface area contributed by atoms with Crippen molar-refractivity contribution in [3.63, 3.8) is 0 Å². The lowest BCUT2D eigenvalue weighted by molar-refractivity contribution is 0.414. The van der Waals surface area contributed by atoms with Crippen molar-refractivity contribution in [1.29, 1.82) is 0 Å². The average molecular weight is 352 g/mol. The third kappa shape index (κ3) is 2.97. The zero-order valence-corrected chi connectivity index (χ0v) is 12.8. The molecule has 0 radical (unpaired) electrons. The standard InChI is InChI=1S/C12H9BrCl2OS/c1-16-8-4-2-3-7(5-8)11(15)10-6-9(14)12(13)17-10/h2-6,11H,1H3. The molecule has 2 rings (SSSR count). The molecule has 1 aromatic heterocycles.